The second-order valence-corrected chi connectivity index (χ2v) is 5.76. The Hall–Kier alpha value is -2.45. The highest BCUT2D eigenvalue weighted by atomic mass is 16.5. The van der Waals surface area contributed by atoms with E-state index in [9.17, 15) is 4.79 Å². The zero-order chi connectivity index (χ0) is 16.1. The maximum absolute atomic E-state index is 12.4. The standard InChI is InChI=1S/C18H21N3O2/c1-2-13-23-17-7-5-15(6-8-17)19-18(22)21-12-9-16(14-21)20-10-3-4-11-20/h1,3-8,16H,9-14H2,(H,19,22)/t16-/m1/s1. The second kappa shape index (κ2) is 7.21. The van der Waals surface area contributed by atoms with Crippen LogP contribution in [-0.2, 0) is 0 Å². The Labute approximate surface area is 136 Å². The van der Waals surface area contributed by atoms with Crippen LogP contribution in [-0.4, -0.2) is 54.7 Å². The zero-order valence-electron chi connectivity index (χ0n) is 13.1. The van der Waals surface area contributed by atoms with Gasteiger partial charge in [-0.2, -0.15) is 0 Å². The molecule has 2 heterocycles. The molecule has 0 spiro atoms. The van der Waals surface area contributed by atoms with Gasteiger partial charge in [-0.15, -0.1) is 6.42 Å². The second-order valence-electron chi connectivity index (χ2n) is 5.76. The fraction of sp³-hybridized carbons (Fsp3) is 0.389. The van der Waals surface area contributed by atoms with Crippen molar-refractivity contribution in [2.45, 2.75) is 12.5 Å². The van der Waals surface area contributed by atoms with Gasteiger partial charge in [0, 0.05) is 37.9 Å². The van der Waals surface area contributed by atoms with Gasteiger partial charge in [0.05, 0.1) is 0 Å². The number of anilines is 1. The molecule has 1 N–H and O–H groups in total. The molecular weight excluding hydrogens is 290 g/mol. The van der Waals surface area contributed by atoms with Gasteiger partial charge >= 0.3 is 6.03 Å². The highest BCUT2D eigenvalue weighted by Gasteiger charge is 2.30. The minimum Gasteiger partial charge on any atom is -0.481 e. The van der Waals surface area contributed by atoms with Crippen LogP contribution in [0.5, 0.6) is 5.75 Å². The molecule has 0 unspecified atom stereocenters. The Morgan fingerprint density at radius 3 is 2.74 bits per heavy atom. The summed E-state index contributed by atoms with van der Waals surface area (Å²) < 4.78 is 5.32. The maximum atomic E-state index is 12.4. The van der Waals surface area contributed by atoms with Gasteiger partial charge in [0.1, 0.15) is 12.4 Å². The first-order valence-electron chi connectivity index (χ1n) is 7.87. The van der Waals surface area contributed by atoms with Crippen LogP contribution >= 0.6 is 0 Å². The summed E-state index contributed by atoms with van der Waals surface area (Å²) in [6.07, 6.45) is 10.6. The lowest BCUT2D eigenvalue weighted by Gasteiger charge is -2.23. The van der Waals surface area contributed by atoms with Gasteiger partial charge < -0.3 is 15.0 Å². The fourth-order valence-corrected chi connectivity index (χ4v) is 2.98. The maximum Gasteiger partial charge on any atom is 0.321 e. The lowest BCUT2D eigenvalue weighted by molar-refractivity contribution is 0.212. The van der Waals surface area contributed by atoms with Crippen molar-refractivity contribution < 1.29 is 9.53 Å². The number of amides is 2. The number of urea groups is 1. The molecule has 1 fully saturated rings. The molecule has 23 heavy (non-hydrogen) atoms. The molecule has 0 bridgehead atoms. The number of ether oxygens (including phenoxy) is 1. The summed E-state index contributed by atoms with van der Waals surface area (Å²) in [5.41, 5.74) is 0.759. The van der Waals surface area contributed by atoms with Gasteiger partial charge in [-0.25, -0.2) is 4.79 Å². The van der Waals surface area contributed by atoms with E-state index in [2.05, 4.69) is 28.3 Å². The Kier molecular flexibility index (Phi) is 4.84. The number of hydrogen-bond acceptors (Lipinski definition) is 3. The molecule has 120 valence electrons. The number of hydrogen-bond donors (Lipinski definition) is 1. The third-order valence-electron chi connectivity index (χ3n) is 4.24. The van der Waals surface area contributed by atoms with Crippen LogP contribution in [0.4, 0.5) is 10.5 Å². The highest BCUT2D eigenvalue weighted by molar-refractivity contribution is 5.89. The van der Waals surface area contributed by atoms with E-state index < -0.39 is 0 Å². The summed E-state index contributed by atoms with van der Waals surface area (Å²) in [5, 5.41) is 2.94. The smallest absolute Gasteiger partial charge is 0.321 e. The largest absolute Gasteiger partial charge is 0.481 e. The number of carbonyl (C=O) groups is 1. The third kappa shape index (κ3) is 3.85. The van der Waals surface area contributed by atoms with Gasteiger partial charge in [-0.05, 0) is 30.7 Å². The minimum absolute atomic E-state index is 0.0445. The quantitative estimate of drug-likeness (QED) is 0.685. The number of nitrogens with zero attached hydrogens (tertiary/aromatic N) is 2. The summed E-state index contributed by atoms with van der Waals surface area (Å²) >= 11 is 0. The lowest BCUT2D eigenvalue weighted by atomic mass is 10.2. The number of rotatable bonds is 4. The van der Waals surface area contributed by atoms with Crippen molar-refractivity contribution in [1.82, 2.24) is 9.80 Å². The molecule has 5 nitrogen and oxygen atoms in total. The minimum atomic E-state index is -0.0445. The van der Waals surface area contributed by atoms with Crippen LogP contribution in [0.25, 0.3) is 0 Å². The molecule has 2 aliphatic heterocycles. The predicted octanol–water partition coefficient (Wildman–Crippen LogP) is 2.18. The summed E-state index contributed by atoms with van der Waals surface area (Å²) in [6, 6.07) is 7.67. The number of nitrogens with one attached hydrogen (secondary N) is 1. The molecule has 1 saturated heterocycles. The van der Waals surface area contributed by atoms with Crippen LogP contribution in [0.3, 0.4) is 0 Å². The molecule has 2 amide bonds. The van der Waals surface area contributed by atoms with Gasteiger partial charge in [0.15, 0.2) is 0 Å². The number of benzene rings is 1. The highest BCUT2D eigenvalue weighted by Crippen LogP contribution is 2.20. The molecular formula is C18H21N3O2. The first-order valence-corrected chi connectivity index (χ1v) is 7.87. The number of terminal acetylenes is 1. The van der Waals surface area contributed by atoms with Crippen molar-refractivity contribution in [2.24, 2.45) is 0 Å². The van der Waals surface area contributed by atoms with E-state index in [0.29, 0.717) is 11.8 Å². The van der Waals surface area contributed by atoms with Crippen LogP contribution in [0.2, 0.25) is 0 Å². The van der Waals surface area contributed by atoms with Gasteiger partial charge in [-0.3, -0.25) is 4.90 Å². The summed E-state index contributed by atoms with van der Waals surface area (Å²) in [7, 11) is 0. The Bertz CT molecular complexity index is 610. The molecule has 5 heteroatoms. The Balaban J connectivity index is 1.50. The van der Waals surface area contributed by atoms with Crippen LogP contribution in [0.15, 0.2) is 36.4 Å². The van der Waals surface area contributed by atoms with E-state index in [0.717, 1.165) is 38.3 Å². The van der Waals surface area contributed by atoms with E-state index in [1.54, 1.807) is 12.1 Å². The first kappa shape index (κ1) is 15.4. The van der Waals surface area contributed by atoms with Crippen LogP contribution in [0, 0.1) is 12.3 Å². The number of likely N-dealkylation sites (tertiary alicyclic amines) is 1. The van der Waals surface area contributed by atoms with E-state index >= 15 is 0 Å². The average Bonchev–Trinajstić information content (AvgIpc) is 3.25. The zero-order valence-corrected chi connectivity index (χ0v) is 13.1. The Morgan fingerprint density at radius 1 is 1.30 bits per heavy atom. The lowest BCUT2D eigenvalue weighted by Crippen LogP contribution is -2.38. The van der Waals surface area contributed by atoms with E-state index in [-0.39, 0.29) is 12.6 Å². The molecule has 0 aliphatic carbocycles. The van der Waals surface area contributed by atoms with Gasteiger partial charge in [0.25, 0.3) is 0 Å². The fourth-order valence-electron chi connectivity index (χ4n) is 2.98. The Morgan fingerprint density at radius 2 is 2.04 bits per heavy atom. The van der Waals surface area contributed by atoms with Crippen molar-refractivity contribution in [3.63, 3.8) is 0 Å². The summed E-state index contributed by atoms with van der Waals surface area (Å²) in [5.74, 6) is 3.12. The van der Waals surface area contributed by atoms with Crippen molar-refractivity contribution in [3.05, 3.63) is 36.4 Å². The molecule has 1 aromatic rings. The van der Waals surface area contributed by atoms with Crippen molar-refractivity contribution in [2.75, 3.05) is 38.1 Å². The van der Waals surface area contributed by atoms with Gasteiger partial charge in [0.2, 0.25) is 0 Å². The molecule has 0 saturated carbocycles. The van der Waals surface area contributed by atoms with Crippen molar-refractivity contribution in [3.8, 4) is 18.1 Å². The predicted molar refractivity (Wildman–Crippen MR) is 90.5 cm³/mol. The number of carbonyl (C=O) groups excluding carboxylic acids is 1. The van der Waals surface area contributed by atoms with E-state index in [1.165, 1.54) is 0 Å². The van der Waals surface area contributed by atoms with E-state index in [4.69, 9.17) is 11.2 Å². The van der Waals surface area contributed by atoms with Crippen LogP contribution < -0.4 is 10.1 Å². The summed E-state index contributed by atoms with van der Waals surface area (Å²) in [4.78, 5) is 16.6. The third-order valence-corrected chi connectivity index (χ3v) is 4.24. The monoisotopic (exact) mass is 311 g/mol. The SMILES string of the molecule is C#CCOc1ccc(NC(=O)N2CC[C@@H](N3CC=CC3)C2)cc1. The van der Waals surface area contributed by atoms with Gasteiger partial charge in [-0.1, -0.05) is 18.1 Å². The topological polar surface area (TPSA) is 44.8 Å². The summed E-state index contributed by atoms with van der Waals surface area (Å²) in [6.45, 7) is 3.83. The van der Waals surface area contributed by atoms with Crippen molar-refractivity contribution >= 4 is 11.7 Å². The van der Waals surface area contributed by atoms with E-state index in [1.807, 2.05) is 17.0 Å². The molecule has 0 aromatic heterocycles. The molecule has 1 aromatic carbocycles. The molecule has 1 atom stereocenters. The molecule has 3 rings (SSSR count). The van der Waals surface area contributed by atoms with Crippen molar-refractivity contribution in [1.29, 1.82) is 0 Å². The normalized spacial score (nSPS) is 20.5. The average molecular weight is 311 g/mol. The molecule has 2 aliphatic rings. The van der Waals surface area contributed by atoms with Crippen LogP contribution in [0.1, 0.15) is 6.42 Å². The molecule has 0 radical (unpaired) electrons. The first-order chi connectivity index (χ1) is 11.3.